The second kappa shape index (κ2) is 3.58. The van der Waals surface area contributed by atoms with Crippen molar-refractivity contribution in [3.8, 4) is 0 Å². The van der Waals surface area contributed by atoms with Gasteiger partial charge < -0.3 is 0 Å². The van der Waals surface area contributed by atoms with E-state index in [1.165, 1.54) is 31.1 Å². The molecule has 3 nitrogen and oxygen atoms in total. The summed E-state index contributed by atoms with van der Waals surface area (Å²) in [6, 6.07) is 0. The summed E-state index contributed by atoms with van der Waals surface area (Å²) >= 11 is 0. The Balaban J connectivity index is 2.01. The van der Waals surface area contributed by atoms with Crippen molar-refractivity contribution in [2.24, 2.45) is 17.8 Å². The lowest BCUT2D eigenvalue weighted by molar-refractivity contribution is -0.0553. The van der Waals surface area contributed by atoms with Crippen LogP contribution in [-0.2, 0) is 14.3 Å². The molecule has 0 N–H and O–H groups in total. The van der Waals surface area contributed by atoms with Gasteiger partial charge in [0.25, 0.3) is 10.1 Å². The lowest BCUT2D eigenvalue weighted by atomic mass is 9.52. The lowest BCUT2D eigenvalue weighted by Crippen LogP contribution is -2.54. The van der Waals surface area contributed by atoms with Gasteiger partial charge in [0.05, 0.1) is 6.26 Å². The third-order valence-corrected chi connectivity index (χ3v) is 5.35. The zero-order valence-corrected chi connectivity index (χ0v) is 11.3. The fourth-order valence-electron chi connectivity index (χ4n) is 4.68. The summed E-state index contributed by atoms with van der Waals surface area (Å²) in [6.45, 7) is 2.02. The standard InChI is InChI=1S/C13H20O3S/c1-3-12-11-5-9-4-10(6-11)8-13(12,7-9)16-17(2,14)15/h3,9-11H,4-8H2,1-2H3/b12-3-/t9-,10+,11?,13?. The van der Waals surface area contributed by atoms with Crippen LogP contribution in [0.3, 0.4) is 0 Å². The minimum atomic E-state index is -3.37. The first-order valence-electron chi connectivity index (χ1n) is 6.49. The van der Waals surface area contributed by atoms with E-state index in [9.17, 15) is 8.42 Å². The normalized spacial score (nSPS) is 46.7. The van der Waals surface area contributed by atoms with Gasteiger partial charge in [0.15, 0.2) is 0 Å². The van der Waals surface area contributed by atoms with Crippen molar-refractivity contribution in [3.63, 3.8) is 0 Å². The second-order valence-corrected chi connectivity index (χ2v) is 7.65. The Kier molecular flexibility index (Phi) is 2.47. The van der Waals surface area contributed by atoms with Gasteiger partial charge in [-0.2, -0.15) is 8.42 Å². The van der Waals surface area contributed by atoms with Crippen molar-refractivity contribution in [2.45, 2.75) is 44.6 Å². The molecule has 4 heteroatoms. The number of hydrogen-bond acceptors (Lipinski definition) is 3. The summed E-state index contributed by atoms with van der Waals surface area (Å²) in [6.07, 6.45) is 8.87. The van der Waals surface area contributed by atoms with Crippen LogP contribution < -0.4 is 0 Å². The average molecular weight is 256 g/mol. The van der Waals surface area contributed by atoms with E-state index < -0.39 is 15.7 Å². The van der Waals surface area contributed by atoms with Gasteiger partial charge in [-0.3, -0.25) is 4.18 Å². The summed E-state index contributed by atoms with van der Waals surface area (Å²) in [4.78, 5) is 0. The maximum Gasteiger partial charge on any atom is 0.265 e. The second-order valence-electron chi connectivity index (χ2n) is 6.07. The van der Waals surface area contributed by atoms with Crippen molar-refractivity contribution in [1.82, 2.24) is 0 Å². The van der Waals surface area contributed by atoms with Gasteiger partial charge in [0.1, 0.15) is 5.60 Å². The molecular weight excluding hydrogens is 236 g/mol. The van der Waals surface area contributed by atoms with Crippen LogP contribution in [0.1, 0.15) is 39.0 Å². The molecule has 4 aliphatic carbocycles. The summed E-state index contributed by atoms with van der Waals surface area (Å²) in [5.41, 5.74) is 0.784. The van der Waals surface area contributed by atoms with Crippen LogP contribution in [0.25, 0.3) is 0 Å². The first kappa shape index (κ1) is 11.7. The Labute approximate surface area is 103 Å². The third-order valence-electron chi connectivity index (χ3n) is 4.73. The predicted molar refractivity (Wildman–Crippen MR) is 66.0 cm³/mol. The van der Waals surface area contributed by atoms with Gasteiger partial charge in [0, 0.05) is 0 Å². The van der Waals surface area contributed by atoms with E-state index in [0.29, 0.717) is 17.8 Å². The highest BCUT2D eigenvalue weighted by molar-refractivity contribution is 7.86. The Bertz CT molecular complexity index is 449. The van der Waals surface area contributed by atoms with Crippen LogP contribution in [-0.4, -0.2) is 20.3 Å². The fourth-order valence-corrected chi connectivity index (χ4v) is 5.49. The predicted octanol–water partition coefficient (Wildman–Crippen LogP) is 2.49. The molecule has 4 rings (SSSR count). The van der Waals surface area contributed by atoms with Crippen molar-refractivity contribution >= 4 is 10.1 Å². The van der Waals surface area contributed by atoms with Crippen LogP contribution in [0.5, 0.6) is 0 Å². The molecule has 17 heavy (non-hydrogen) atoms. The van der Waals surface area contributed by atoms with Crippen molar-refractivity contribution in [2.75, 3.05) is 6.26 Å². The average Bonchev–Trinajstić information content (AvgIpc) is 2.11. The summed E-state index contributed by atoms with van der Waals surface area (Å²) in [5.74, 6) is 1.93. The van der Waals surface area contributed by atoms with Crippen molar-refractivity contribution in [1.29, 1.82) is 0 Å². The van der Waals surface area contributed by atoms with Crippen LogP contribution in [0, 0.1) is 17.8 Å². The maximum atomic E-state index is 11.5. The monoisotopic (exact) mass is 256 g/mol. The molecule has 4 saturated carbocycles. The van der Waals surface area contributed by atoms with Crippen LogP contribution in [0.2, 0.25) is 0 Å². The molecule has 0 radical (unpaired) electrons. The minimum Gasteiger partial charge on any atom is -0.259 e. The first-order valence-corrected chi connectivity index (χ1v) is 8.31. The smallest absolute Gasteiger partial charge is 0.259 e. The molecule has 0 aromatic rings. The van der Waals surface area contributed by atoms with Crippen molar-refractivity contribution < 1.29 is 12.6 Å². The number of rotatable bonds is 2. The molecule has 0 amide bonds. The highest BCUT2D eigenvalue weighted by Crippen LogP contribution is 2.60. The molecular formula is C13H20O3S. The molecule has 4 aliphatic rings. The molecule has 0 saturated heterocycles. The number of allylic oxidation sites excluding steroid dienone is 1. The Morgan fingerprint density at radius 3 is 2.29 bits per heavy atom. The molecule has 0 aromatic heterocycles. The number of hydrogen-bond donors (Lipinski definition) is 0. The van der Waals surface area contributed by atoms with E-state index in [4.69, 9.17) is 4.18 Å². The zero-order chi connectivity index (χ0) is 12.3. The van der Waals surface area contributed by atoms with Gasteiger partial charge >= 0.3 is 0 Å². The lowest BCUT2D eigenvalue weighted by Gasteiger charge is -2.57. The summed E-state index contributed by atoms with van der Waals surface area (Å²) in [7, 11) is -3.37. The van der Waals surface area contributed by atoms with Crippen LogP contribution in [0.4, 0.5) is 0 Å². The Morgan fingerprint density at radius 2 is 1.82 bits per heavy atom. The molecule has 0 aromatic carbocycles. The molecule has 0 heterocycles. The van der Waals surface area contributed by atoms with E-state index in [-0.39, 0.29) is 0 Å². The Hall–Kier alpha value is -0.350. The van der Waals surface area contributed by atoms with Crippen molar-refractivity contribution in [3.05, 3.63) is 11.6 Å². The minimum absolute atomic E-state index is 0.475. The van der Waals surface area contributed by atoms with E-state index in [0.717, 1.165) is 12.8 Å². The van der Waals surface area contributed by atoms with E-state index in [1.54, 1.807) is 0 Å². The Morgan fingerprint density at radius 1 is 1.24 bits per heavy atom. The van der Waals surface area contributed by atoms with Gasteiger partial charge in [-0.15, -0.1) is 0 Å². The van der Waals surface area contributed by atoms with E-state index >= 15 is 0 Å². The van der Waals surface area contributed by atoms with Gasteiger partial charge in [-0.1, -0.05) is 6.08 Å². The maximum absolute atomic E-state index is 11.5. The quantitative estimate of drug-likeness (QED) is 0.563. The largest absolute Gasteiger partial charge is 0.265 e. The topological polar surface area (TPSA) is 43.4 Å². The summed E-state index contributed by atoms with van der Waals surface area (Å²) in [5, 5.41) is 0. The van der Waals surface area contributed by atoms with Gasteiger partial charge in [-0.25, -0.2) is 0 Å². The SMILES string of the molecule is C/C=C1/C2C[C@@H]3C[C@H](C2)CC1(OS(C)(=O)=O)C3. The molecule has 0 aliphatic heterocycles. The first-order chi connectivity index (χ1) is 7.92. The van der Waals surface area contributed by atoms with Crippen LogP contribution >= 0.6 is 0 Å². The molecule has 4 fully saturated rings. The molecule has 4 atom stereocenters. The zero-order valence-electron chi connectivity index (χ0n) is 10.5. The third kappa shape index (κ3) is 1.85. The molecule has 0 spiro atoms. The highest BCUT2D eigenvalue weighted by Gasteiger charge is 2.56. The molecule has 4 bridgehead atoms. The van der Waals surface area contributed by atoms with E-state index in [1.807, 2.05) is 6.92 Å². The van der Waals surface area contributed by atoms with Gasteiger partial charge in [-0.05, 0) is 62.4 Å². The highest BCUT2D eigenvalue weighted by atomic mass is 32.2. The molecule has 96 valence electrons. The summed E-state index contributed by atoms with van der Waals surface area (Å²) < 4.78 is 28.6. The van der Waals surface area contributed by atoms with E-state index in [2.05, 4.69) is 6.08 Å². The van der Waals surface area contributed by atoms with Gasteiger partial charge in [0.2, 0.25) is 0 Å². The molecule has 2 unspecified atom stereocenters. The van der Waals surface area contributed by atoms with Crippen LogP contribution in [0.15, 0.2) is 11.6 Å². The fraction of sp³-hybridized carbons (Fsp3) is 0.846.